The first-order valence-electron chi connectivity index (χ1n) is 5.82. The van der Waals surface area contributed by atoms with Crippen molar-refractivity contribution in [2.45, 2.75) is 26.7 Å². The molecule has 1 atom stereocenters. The molecule has 1 aliphatic rings. The average molecular weight is 204 g/mol. The molecule has 0 radical (unpaired) electrons. The summed E-state index contributed by atoms with van der Waals surface area (Å²) in [7, 11) is 0. The lowest BCUT2D eigenvalue weighted by atomic mass is 10.1. The molecular weight excluding hydrogens is 184 g/mol. The van der Waals surface area contributed by atoms with Crippen LogP contribution in [0.5, 0.6) is 0 Å². The highest BCUT2D eigenvalue weighted by Gasteiger charge is 2.22. The van der Waals surface area contributed by atoms with Crippen LogP contribution in [0.1, 0.15) is 25.3 Å². The summed E-state index contributed by atoms with van der Waals surface area (Å²) in [5, 5.41) is 0. The number of nitrogens with two attached hydrogens (primary N) is 1. The molecule has 1 saturated heterocycles. The average Bonchev–Trinajstić information content (AvgIpc) is 2.70. The zero-order valence-electron chi connectivity index (χ0n) is 9.66. The van der Waals surface area contributed by atoms with Crippen LogP contribution < -0.4 is 10.6 Å². The van der Waals surface area contributed by atoms with Crippen molar-refractivity contribution in [3.05, 3.63) is 23.8 Å². The zero-order valence-corrected chi connectivity index (χ0v) is 9.66. The summed E-state index contributed by atoms with van der Waals surface area (Å²) in [5.41, 5.74) is 9.39. The molecule has 0 aliphatic carbocycles. The zero-order chi connectivity index (χ0) is 10.8. The Bertz CT molecular complexity index is 346. The molecule has 0 bridgehead atoms. The maximum absolute atomic E-state index is 5.93. The Balaban J connectivity index is 2.20. The monoisotopic (exact) mass is 204 g/mol. The van der Waals surface area contributed by atoms with Gasteiger partial charge in [-0.3, -0.25) is 0 Å². The van der Waals surface area contributed by atoms with Gasteiger partial charge in [-0.15, -0.1) is 0 Å². The quantitative estimate of drug-likeness (QED) is 0.751. The van der Waals surface area contributed by atoms with Gasteiger partial charge in [-0.1, -0.05) is 19.4 Å². The highest BCUT2D eigenvalue weighted by Crippen LogP contribution is 2.30. The Morgan fingerprint density at radius 2 is 2.27 bits per heavy atom. The van der Waals surface area contributed by atoms with Crippen molar-refractivity contribution in [2.75, 3.05) is 23.7 Å². The standard InChI is InChI=1S/C13H20N2/c1-3-11-7-8-15(9-11)13-6-4-5-12(14)10(13)2/h4-6,11H,3,7-9,14H2,1-2H3. The highest BCUT2D eigenvalue weighted by atomic mass is 15.2. The molecule has 82 valence electrons. The Morgan fingerprint density at radius 3 is 2.93 bits per heavy atom. The molecule has 1 aromatic carbocycles. The van der Waals surface area contributed by atoms with E-state index in [0.29, 0.717) is 0 Å². The number of hydrogen-bond acceptors (Lipinski definition) is 2. The van der Waals surface area contributed by atoms with E-state index in [9.17, 15) is 0 Å². The molecule has 2 nitrogen and oxygen atoms in total. The number of anilines is 2. The highest BCUT2D eigenvalue weighted by molar-refractivity contribution is 5.64. The first-order chi connectivity index (χ1) is 7.22. The van der Waals surface area contributed by atoms with Crippen LogP contribution in [0, 0.1) is 12.8 Å². The summed E-state index contributed by atoms with van der Waals surface area (Å²) >= 11 is 0. The fraction of sp³-hybridized carbons (Fsp3) is 0.538. The minimum atomic E-state index is 0.867. The van der Waals surface area contributed by atoms with Crippen LogP contribution in [0.25, 0.3) is 0 Å². The van der Waals surface area contributed by atoms with Gasteiger partial charge in [0.2, 0.25) is 0 Å². The van der Waals surface area contributed by atoms with Gasteiger partial charge >= 0.3 is 0 Å². The van der Waals surface area contributed by atoms with Crippen molar-refractivity contribution >= 4 is 11.4 Å². The number of nitrogen functional groups attached to an aromatic ring is 1. The molecule has 2 heteroatoms. The largest absolute Gasteiger partial charge is 0.398 e. The lowest BCUT2D eigenvalue weighted by molar-refractivity contribution is 0.569. The molecule has 1 heterocycles. The lowest BCUT2D eigenvalue weighted by Crippen LogP contribution is -2.20. The van der Waals surface area contributed by atoms with Gasteiger partial charge in [0.15, 0.2) is 0 Å². The molecule has 0 spiro atoms. The summed E-state index contributed by atoms with van der Waals surface area (Å²) < 4.78 is 0. The maximum Gasteiger partial charge on any atom is 0.0416 e. The SMILES string of the molecule is CCC1CCN(c2cccc(N)c2C)C1. The summed E-state index contributed by atoms with van der Waals surface area (Å²) in [6, 6.07) is 6.22. The van der Waals surface area contributed by atoms with Crippen molar-refractivity contribution in [3.63, 3.8) is 0 Å². The number of benzene rings is 1. The van der Waals surface area contributed by atoms with E-state index < -0.39 is 0 Å². The van der Waals surface area contributed by atoms with Crippen molar-refractivity contribution in [1.82, 2.24) is 0 Å². The second kappa shape index (κ2) is 4.13. The van der Waals surface area contributed by atoms with E-state index >= 15 is 0 Å². The van der Waals surface area contributed by atoms with E-state index in [4.69, 9.17) is 5.73 Å². The fourth-order valence-electron chi connectivity index (χ4n) is 2.37. The van der Waals surface area contributed by atoms with Crippen molar-refractivity contribution in [2.24, 2.45) is 5.92 Å². The molecule has 0 aromatic heterocycles. The topological polar surface area (TPSA) is 29.3 Å². The molecule has 2 rings (SSSR count). The summed E-state index contributed by atoms with van der Waals surface area (Å²) in [6.45, 7) is 6.77. The van der Waals surface area contributed by atoms with Gasteiger partial charge in [-0.25, -0.2) is 0 Å². The molecule has 2 N–H and O–H groups in total. The minimum absolute atomic E-state index is 0.867. The number of rotatable bonds is 2. The Hall–Kier alpha value is -1.18. The molecule has 1 aliphatic heterocycles. The first-order valence-corrected chi connectivity index (χ1v) is 5.82. The van der Waals surface area contributed by atoms with Gasteiger partial charge in [-0.2, -0.15) is 0 Å². The van der Waals surface area contributed by atoms with E-state index in [-0.39, 0.29) is 0 Å². The summed E-state index contributed by atoms with van der Waals surface area (Å²) in [6.07, 6.45) is 2.61. The molecule has 1 aromatic rings. The van der Waals surface area contributed by atoms with Crippen LogP contribution in [0.15, 0.2) is 18.2 Å². The van der Waals surface area contributed by atoms with Crippen molar-refractivity contribution < 1.29 is 0 Å². The predicted molar refractivity (Wildman–Crippen MR) is 66.2 cm³/mol. The van der Waals surface area contributed by atoms with E-state index in [0.717, 1.165) is 11.6 Å². The smallest absolute Gasteiger partial charge is 0.0416 e. The van der Waals surface area contributed by atoms with Crippen LogP contribution in [0.4, 0.5) is 11.4 Å². The molecule has 0 amide bonds. The minimum Gasteiger partial charge on any atom is -0.398 e. The van der Waals surface area contributed by atoms with Crippen LogP contribution in [0.3, 0.4) is 0 Å². The summed E-state index contributed by atoms with van der Waals surface area (Å²) in [5.74, 6) is 0.867. The van der Waals surface area contributed by atoms with Crippen LogP contribution in [0.2, 0.25) is 0 Å². The van der Waals surface area contributed by atoms with Crippen molar-refractivity contribution in [3.8, 4) is 0 Å². The van der Waals surface area contributed by atoms with E-state index in [1.54, 1.807) is 0 Å². The Labute approximate surface area is 92.1 Å². The van der Waals surface area contributed by atoms with Gasteiger partial charge in [-0.05, 0) is 37.0 Å². The third kappa shape index (κ3) is 1.94. The molecular formula is C13H20N2. The van der Waals surface area contributed by atoms with E-state index in [2.05, 4.69) is 30.9 Å². The van der Waals surface area contributed by atoms with Crippen LogP contribution >= 0.6 is 0 Å². The van der Waals surface area contributed by atoms with E-state index in [1.807, 2.05) is 6.07 Å². The van der Waals surface area contributed by atoms with Gasteiger partial charge in [0.05, 0.1) is 0 Å². The molecule has 1 fully saturated rings. The second-order valence-electron chi connectivity index (χ2n) is 4.50. The van der Waals surface area contributed by atoms with Crippen LogP contribution in [-0.2, 0) is 0 Å². The third-order valence-electron chi connectivity index (χ3n) is 3.55. The Morgan fingerprint density at radius 1 is 1.47 bits per heavy atom. The van der Waals surface area contributed by atoms with E-state index in [1.165, 1.54) is 37.2 Å². The first kappa shape index (κ1) is 10.3. The van der Waals surface area contributed by atoms with Gasteiger partial charge in [0, 0.05) is 24.5 Å². The molecule has 15 heavy (non-hydrogen) atoms. The normalized spacial score (nSPS) is 20.9. The molecule has 1 unspecified atom stereocenters. The Kier molecular flexibility index (Phi) is 2.85. The fourth-order valence-corrected chi connectivity index (χ4v) is 2.37. The van der Waals surface area contributed by atoms with Gasteiger partial charge in [0.25, 0.3) is 0 Å². The van der Waals surface area contributed by atoms with Gasteiger partial charge < -0.3 is 10.6 Å². The number of nitrogens with zero attached hydrogens (tertiary/aromatic N) is 1. The second-order valence-corrected chi connectivity index (χ2v) is 4.50. The van der Waals surface area contributed by atoms with Crippen LogP contribution in [-0.4, -0.2) is 13.1 Å². The number of hydrogen-bond donors (Lipinski definition) is 1. The summed E-state index contributed by atoms with van der Waals surface area (Å²) in [4.78, 5) is 2.47. The predicted octanol–water partition coefficient (Wildman–Crippen LogP) is 2.81. The van der Waals surface area contributed by atoms with Crippen molar-refractivity contribution in [1.29, 1.82) is 0 Å². The maximum atomic E-state index is 5.93. The third-order valence-corrected chi connectivity index (χ3v) is 3.55. The molecule has 0 saturated carbocycles. The van der Waals surface area contributed by atoms with Gasteiger partial charge in [0.1, 0.15) is 0 Å². The lowest BCUT2D eigenvalue weighted by Gasteiger charge is -2.21.